The Bertz CT molecular complexity index is 377. The summed E-state index contributed by atoms with van der Waals surface area (Å²) in [6.07, 6.45) is -4.38. The lowest BCUT2D eigenvalue weighted by Crippen LogP contribution is -2.20. The Labute approximate surface area is 97.3 Å². The molecule has 3 nitrogen and oxygen atoms in total. The van der Waals surface area contributed by atoms with Gasteiger partial charge in [-0.1, -0.05) is 6.07 Å². The number of benzene rings is 1. The van der Waals surface area contributed by atoms with Crippen molar-refractivity contribution in [1.29, 1.82) is 0 Å². The van der Waals surface area contributed by atoms with Crippen molar-refractivity contribution >= 4 is 0 Å². The van der Waals surface area contributed by atoms with Crippen LogP contribution < -0.4 is 15.2 Å². The summed E-state index contributed by atoms with van der Waals surface area (Å²) in [4.78, 5) is 0. The first-order valence-corrected chi connectivity index (χ1v) is 4.96. The SMILES string of the molecule is COc1ccc([C@@H](C)N)c(OCC(F)(F)F)c1. The maximum Gasteiger partial charge on any atom is 0.422 e. The van der Waals surface area contributed by atoms with Gasteiger partial charge >= 0.3 is 6.18 Å². The first-order valence-electron chi connectivity index (χ1n) is 4.96. The monoisotopic (exact) mass is 249 g/mol. The Morgan fingerprint density at radius 3 is 2.47 bits per heavy atom. The predicted molar refractivity (Wildman–Crippen MR) is 57.1 cm³/mol. The van der Waals surface area contributed by atoms with Gasteiger partial charge in [-0.15, -0.1) is 0 Å². The summed E-state index contributed by atoms with van der Waals surface area (Å²) in [5, 5.41) is 0. The Morgan fingerprint density at radius 1 is 1.35 bits per heavy atom. The van der Waals surface area contributed by atoms with E-state index in [1.165, 1.54) is 13.2 Å². The van der Waals surface area contributed by atoms with Crippen LogP contribution in [0.5, 0.6) is 11.5 Å². The van der Waals surface area contributed by atoms with Gasteiger partial charge in [0.15, 0.2) is 6.61 Å². The van der Waals surface area contributed by atoms with Crippen LogP contribution in [0.25, 0.3) is 0 Å². The molecule has 1 aromatic rings. The summed E-state index contributed by atoms with van der Waals surface area (Å²) in [5.41, 5.74) is 6.15. The molecular formula is C11H14F3NO2. The normalized spacial score (nSPS) is 13.3. The van der Waals surface area contributed by atoms with Crippen molar-refractivity contribution in [1.82, 2.24) is 0 Å². The van der Waals surface area contributed by atoms with E-state index in [0.29, 0.717) is 11.3 Å². The van der Waals surface area contributed by atoms with Crippen molar-refractivity contribution in [3.63, 3.8) is 0 Å². The average Bonchev–Trinajstić information content (AvgIpc) is 2.24. The summed E-state index contributed by atoms with van der Waals surface area (Å²) < 4.78 is 45.8. The molecule has 0 aliphatic rings. The Balaban J connectivity index is 2.93. The molecule has 1 aromatic carbocycles. The molecule has 0 bridgehead atoms. The van der Waals surface area contributed by atoms with Crippen LogP contribution >= 0.6 is 0 Å². The minimum absolute atomic E-state index is 0.0941. The van der Waals surface area contributed by atoms with E-state index in [-0.39, 0.29) is 5.75 Å². The van der Waals surface area contributed by atoms with Gasteiger partial charge in [0.2, 0.25) is 0 Å². The van der Waals surface area contributed by atoms with Crippen LogP contribution in [0, 0.1) is 0 Å². The van der Waals surface area contributed by atoms with E-state index in [9.17, 15) is 13.2 Å². The molecular weight excluding hydrogens is 235 g/mol. The van der Waals surface area contributed by atoms with Crippen LogP contribution in [0.15, 0.2) is 18.2 Å². The number of rotatable bonds is 4. The Kier molecular flexibility index (Phi) is 4.22. The van der Waals surface area contributed by atoms with Gasteiger partial charge in [0, 0.05) is 17.7 Å². The highest BCUT2D eigenvalue weighted by Crippen LogP contribution is 2.29. The highest BCUT2D eigenvalue weighted by atomic mass is 19.4. The zero-order valence-electron chi connectivity index (χ0n) is 9.54. The fourth-order valence-corrected chi connectivity index (χ4v) is 1.30. The maximum atomic E-state index is 12.1. The quantitative estimate of drug-likeness (QED) is 0.892. The second-order valence-electron chi connectivity index (χ2n) is 3.60. The lowest BCUT2D eigenvalue weighted by Gasteiger charge is -2.16. The fraction of sp³-hybridized carbons (Fsp3) is 0.455. The largest absolute Gasteiger partial charge is 0.497 e. The molecule has 1 rings (SSSR count). The van der Waals surface area contributed by atoms with Crippen molar-refractivity contribution in [2.24, 2.45) is 5.73 Å². The molecule has 0 saturated carbocycles. The summed E-state index contributed by atoms with van der Waals surface area (Å²) in [6, 6.07) is 4.20. The molecule has 2 N–H and O–H groups in total. The van der Waals surface area contributed by atoms with Gasteiger partial charge in [0.1, 0.15) is 11.5 Å². The molecule has 96 valence electrons. The average molecular weight is 249 g/mol. The molecule has 0 amide bonds. The number of nitrogens with two attached hydrogens (primary N) is 1. The summed E-state index contributed by atoms with van der Waals surface area (Å²) in [6.45, 7) is 0.322. The van der Waals surface area contributed by atoms with Crippen molar-refractivity contribution < 1.29 is 22.6 Å². The van der Waals surface area contributed by atoms with Gasteiger partial charge in [0.25, 0.3) is 0 Å². The van der Waals surface area contributed by atoms with E-state index in [0.717, 1.165) is 0 Å². The molecule has 0 fully saturated rings. The molecule has 1 atom stereocenters. The van der Waals surface area contributed by atoms with Crippen molar-refractivity contribution in [3.05, 3.63) is 23.8 Å². The topological polar surface area (TPSA) is 44.5 Å². The van der Waals surface area contributed by atoms with E-state index >= 15 is 0 Å². The second-order valence-corrected chi connectivity index (χ2v) is 3.60. The minimum atomic E-state index is -4.38. The molecule has 17 heavy (non-hydrogen) atoms. The van der Waals surface area contributed by atoms with E-state index < -0.39 is 18.8 Å². The molecule has 0 unspecified atom stereocenters. The fourth-order valence-electron chi connectivity index (χ4n) is 1.30. The third-order valence-electron chi connectivity index (χ3n) is 2.10. The maximum absolute atomic E-state index is 12.1. The van der Waals surface area contributed by atoms with Crippen LogP contribution in [0.1, 0.15) is 18.5 Å². The highest BCUT2D eigenvalue weighted by molar-refractivity contribution is 5.42. The number of methoxy groups -OCH3 is 1. The first-order chi connectivity index (χ1) is 7.83. The molecule has 0 spiro atoms. The molecule has 0 aliphatic carbocycles. The smallest absolute Gasteiger partial charge is 0.422 e. The van der Waals surface area contributed by atoms with Gasteiger partial charge in [-0.05, 0) is 13.0 Å². The molecule has 0 heterocycles. The third-order valence-corrected chi connectivity index (χ3v) is 2.10. The summed E-state index contributed by atoms with van der Waals surface area (Å²) in [5.74, 6) is 0.517. The van der Waals surface area contributed by atoms with Crippen molar-refractivity contribution in [2.75, 3.05) is 13.7 Å². The van der Waals surface area contributed by atoms with Gasteiger partial charge in [-0.2, -0.15) is 13.2 Å². The number of ether oxygens (including phenoxy) is 2. The molecule has 0 saturated heterocycles. The minimum Gasteiger partial charge on any atom is -0.497 e. The summed E-state index contributed by atoms with van der Waals surface area (Å²) in [7, 11) is 1.43. The zero-order chi connectivity index (χ0) is 13.1. The van der Waals surface area contributed by atoms with Crippen LogP contribution in [-0.2, 0) is 0 Å². The molecule has 0 aromatic heterocycles. The van der Waals surface area contributed by atoms with Gasteiger partial charge < -0.3 is 15.2 Å². The van der Waals surface area contributed by atoms with Crippen LogP contribution in [-0.4, -0.2) is 19.9 Å². The van der Waals surface area contributed by atoms with Crippen LogP contribution in [0.3, 0.4) is 0 Å². The summed E-state index contributed by atoms with van der Waals surface area (Å²) >= 11 is 0. The third kappa shape index (κ3) is 4.14. The van der Waals surface area contributed by atoms with Crippen LogP contribution in [0.2, 0.25) is 0 Å². The van der Waals surface area contributed by atoms with Crippen molar-refractivity contribution in [3.8, 4) is 11.5 Å². The number of hydrogen-bond acceptors (Lipinski definition) is 3. The predicted octanol–water partition coefficient (Wildman–Crippen LogP) is 2.66. The molecule has 0 aliphatic heterocycles. The Morgan fingerprint density at radius 2 is 2.00 bits per heavy atom. The van der Waals surface area contributed by atoms with Gasteiger partial charge in [0.05, 0.1) is 7.11 Å². The highest BCUT2D eigenvalue weighted by Gasteiger charge is 2.29. The van der Waals surface area contributed by atoms with E-state index in [1.54, 1.807) is 19.1 Å². The number of alkyl halides is 3. The van der Waals surface area contributed by atoms with E-state index in [4.69, 9.17) is 15.2 Å². The molecule has 0 radical (unpaired) electrons. The standard InChI is InChI=1S/C11H14F3NO2/c1-7(15)9-4-3-8(16-2)5-10(9)17-6-11(12,13)14/h3-5,7H,6,15H2,1-2H3/t7-/m1/s1. The van der Waals surface area contributed by atoms with Crippen molar-refractivity contribution in [2.45, 2.75) is 19.1 Å². The van der Waals surface area contributed by atoms with Gasteiger partial charge in [-0.3, -0.25) is 0 Å². The van der Waals surface area contributed by atoms with E-state index in [1.807, 2.05) is 0 Å². The number of hydrogen-bond donors (Lipinski definition) is 1. The van der Waals surface area contributed by atoms with E-state index in [2.05, 4.69) is 0 Å². The number of halogens is 3. The zero-order valence-corrected chi connectivity index (χ0v) is 9.54. The second kappa shape index (κ2) is 5.27. The molecule has 6 heteroatoms. The lowest BCUT2D eigenvalue weighted by atomic mass is 10.1. The Hall–Kier alpha value is -1.43. The van der Waals surface area contributed by atoms with Gasteiger partial charge in [-0.25, -0.2) is 0 Å². The van der Waals surface area contributed by atoms with Crippen LogP contribution in [0.4, 0.5) is 13.2 Å². The first kappa shape index (κ1) is 13.6. The lowest BCUT2D eigenvalue weighted by molar-refractivity contribution is -0.153.